The van der Waals surface area contributed by atoms with Crippen LogP contribution in [0.2, 0.25) is 8.67 Å². The van der Waals surface area contributed by atoms with Gasteiger partial charge >= 0.3 is 0 Å². The van der Waals surface area contributed by atoms with Crippen LogP contribution in [0.5, 0.6) is 0 Å². The van der Waals surface area contributed by atoms with Crippen LogP contribution < -0.4 is 0 Å². The fraction of sp³-hybridized carbons (Fsp3) is 0.214. The van der Waals surface area contributed by atoms with Crippen molar-refractivity contribution in [3.05, 3.63) is 54.7 Å². The second-order valence-corrected chi connectivity index (χ2v) is 6.63. The van der Waals surface area contributed by atoms with Crippen molar-refractivity contribution >= 4 is 40.3 Å². The predicted octanol–water partition coefficient (Wildman–Crippen LogP) is 5.21. The number of aryl methyl sites for hydroxylation is 3. The molecule has 0 aliphatic rings. The summed E-state index contributed by atoms with van der Waals surface area (Å²) in [4.78, 5) is 12.5. The highest BCUT2D eigenvalue weighted by atomic mass is 35.5. The lowest BCUT2D eigenvalue weighted by molar-refractivity contribution is 0.103. The quantitative estimate of drug-likeness (QED) is 0.696. The molecule has 0 saturated carbocycles. The number of hydrogen-bond acceptors (Lipinski definition) is 2. The molecule has 4 heteroatoms. The van der Waals surface area contributed by atoms with E-state index >= 15 is 0 Å². The molecule has 0 atom stereocenters. The summed E-state index contributed by atoms with van der Waals surface area (Å²) < 4.78 is 0.982. The largest absolute Gasteiger partial charge is 0.289 e. The van der Waals surface area contributed by atoms with E-state index in [-0.39, 0.29) is 5.78 Å². The Morgan fingerprint density at radius 3 is 2.06 bits per heavy atom. The van der Waals surface area contributed by atoms with Gasteiger partial charge in [-0.15, -0.1) is 11.3 Å². The molecule has 1 nitrogen and oxygen atoms in total. The molecule has 94 valence electrons. The van der Waals surface area contributed by atoms with Gasteiger partial charge in [0.25, 0.3) is 0 Å². The zero-order chi connectivity index (χ0) is 13.4. The van der Waals surface area contributed by atoms with Gasteiger partial charge < -0.3 is 0 Å². The molecule has 0 saturated heterocycles. The zero-order valence-electron chi connectivity index (χ0n) is 10.3. The molecule has 0 radical (unpaired) electrons. The van der Waals surface area contributed by atoms with E-state index in [0.717, 1.165) is 22.3 Å². The van der Waals surface area contributed by atoms with Gasteiger partial charge in [0.05, 0.1) is 9.90 Å². The van der Waals surface area contributed by atoms with Crippen LogP contribution in [0.4, 0.5) is 0 Å². The summed E-state index contributed by atoms with van der Waals surface area (Å²) in [6, 6.07) is 5.64. The van der Waals surface area contributed by atoms with Crippen molar-refractivity contribution in [3.8, 4) is 0 Å². The number of thiophene rings is 1. The molecular weight excluding hydrogens is 287 g/mol. The molecule has 1 heterocycles. The van der Waals surface area contributed by atoms with Crippen LogP contribution in [0, 0.1) is 20.8 Å². The summed E-state index contributed by atoms with van der Waals surface area (Å²) in [5.41, 5.74) is 4.29. The minimum Gasteiger partial charge on any atom is -0.289 e. The van der Waals surface area contributed by atoms with E-state index in [1.54, 1.807) is 6.07 Å². The highest BCUT2D eigenvalue weighted by Gasteiger charge is 2.19. The number of ketones is 1. The summed E-state index contributed by atoms with van der Waals surface area (Å²) in [5.74, 6) is -0.0573. The van der Waals surface area contributed by atoms with Crippen molar-refractivity contribution in [3.63, 3.8) is 0 Å². The molecule has 0 N–H and O–H groups in total. The number of halogens is 2. The molecule has 1 aromatic carbocycles. The highest BCUT2D eigenvalue weighted by molar-refractivity contribution is 7.20. The lowest BCUT2D eigenvalue weighted by atomic mass is 9.94. The van der Waals surface area contributed by atoms with E-state index in [4.69, 9.17) is 23.2 Å². The van der Waals surface area contributed by atoms with Crippen molar-refractivity contribution in [2.75, 3.05) is 0 Å². The lowest BCUT2D eigenvalue weighted by Gasteiger charge is -2.09. The third-order valence-corrected chi connectivity index (χ3v) is 4.29. The van der Waals surface area contributed by atoms with Crippen LogP contribution in [0.25, 0.3) is 0 Å². The maximum Gasteiger partial charge on any atom is 0.195 e. The Bertz CT molecular complexity index is 606. The first kappa shape index (κ1) is 13.6. The number of carbonyl (C=O) groups is 1. The van der Waals surface area contributed by atoms with Crippen molar-refractivity contribution in [1.29, 1.82) is 0 Å². The molecule has 1 aromatic heterocycles. The summed E-state index contributed by atoms with van der Waals surface area (Å²) in [7, 11) is 0. The molecule has 0 unspecified atom stereocenters. The summed E-state index contributed by atoms with van der Waals surface area (Å²) >= 11 is 13.1. The normalized spacial score (nSPS) is 10.7. The first-order valence-electron chi connectivity index (χ1n) is 5.47. The van der Waals surface area contributed by atoms with Gasteiger partial charge in [0.2, 0.25) is 0 Å². The fourth-order valence-corrected chi connectivity index (χ4v) is 3.63. The smallest absolute Gasteiger partial charge is 0.195 e. The Balaban J connectivity index is 2.56. The molecule has 0 amide bonds. The van der Waals surface area contributed by atoms with Crippen LogP contribution >= 0.6 is 34.5 Å². The molecule has 0 aliphatic heterocycles. The van der Waals surface area contributed by atoms with Crippen LogP contribution in [-0.4, -0.2) is 5.78 Å². The first-order chi connectivity index (χ1) is 8.40. The van der Waals surface area contributed by atoms with Gasteiger partial charge in [-0.25, -0.2) is 0 Å². The summed E-state index contributed by atoms with van der Waals surface area (Å²) in [6.07, 6.45) is 0. The summed E-state index contributed by atoms with van der Waals surface area (Å²) in [5, 5.41) is 0. The van der Waals surface area contributed by atoms with Crippen molar-refractivity contribution < 1.29 is 4.79 Å². The summed E-state index contributed by atoms with van der Waals surface area (Å²) in [6.45, 7) is 5.90. The Morgan fingerprint density at radius 2 is 1.61 bits per heavy atom. The van der Waals surface area contributed by atoms with Gasteiger partial charge in [-0.3, -0.25) is 4.79 Å². The SMILES string of the molecule is Cc1cc(C)c(C(=O)c2cc(Cl)sc2Cl)c(C)c1. The van der Waals surface area contributed by atoms with E-state index in [0.29, 0.717) is 14.2 Å². The Kier molecular flexibility index (Phi) is 3.81. The molecule has 0 aliphatic carbocycles. The van der Waals surface area contributed by atoms with Crippen LogP contribution in [-0.2, 0) is 0 Å². The average molecular weight is 299 g/mol. The predicted molar refractivity (Wildman–Crippen MR) is 78.4 cm³/mol. The standard InChI is InChI=1S/C14H12Cl2OS/c1-7-4-8(2)12(9(3)5-7)13(17)10-6-11(15)18-14(10)16/h4-6H,1-3H3. The van der Waals surface area contributed by atoms with Crippen LogP contribution in [0.3, 0.4) is 0 Å². The maximum absolute atomic E-state index is 12.5. The molecule has 2 aromatic rings. The van der Waals surface area contributed by atoms with Crippen molar-refractivity contribution in [2.45, 2.75) is 20.8 Å². The first-order valence-corrected chi connectivity index (χ1v) is 7.04. The third-order valence-electron chi connectivity index (χ3n) is 2.81. The van der Waals surface area contributed by atoms with E-state index in [1.807, 2.05) is 32.9 Å². The highest BCUT2D eigenvalue weighted by Crippen LogP contribution is 2.33. The van der Waals surface area contributed by atoms with Gasteiger partial charge in [0.15, 0.2) is 5.78 Å². The van der Waals surface area contributed by atoms with Gasteiger partial charge in [0.1, 0.15) is 4.34 Å². The zero-order valence-corrected chi connectivity index (χ0v) is 12.6. The number of rotatable bonds is 2. The second kappa shape index (κ2) is 5.04. The molecule has 2 rings (SSSR count). The molecule has 0 bridgehead atoms. The Hall–Kier alpha value is -0.830. The maximum atomic E-state index is 12.5. The lowest BCUT2D eigenvalue weighted by Crippen LogP contribution is -2.06. The van der Waals surface area contributed by atoms with Crippen LogP contribution in [0.15, 0.2) is 18.2 Å². The van der Waals surface area contributed by atoms with Gasteiger partial charge in [-0.05, 0) is 38.0 Å². The minimum absolute atomic E-state index is 0.0573. The Labute approximate surface area is 120 Å². The number of carbonyl (C=O) groups excluding carboxylic acids is 1. The van der Waals surface area contributed by atoms with E-state index in [1.165, 1.54) is 11.3 Å². The average Bonchev–Trinajstić information content (AvgIpc) is 2.56. The van der Waals surface area contributed by atoms with Crippen molar-refractivity contribution in [2.24, 2.45) is 0 Å². The third kappa shape index (κ3) is 2.46. The van der Waals surface area contributed by atoms with E-state index < -0.39 is 0 Å². The monoisotopic (exact) mass is 298 g/mol. The topological polar surface area (TPSA) is 17.1 Å². The van der Waals surface area contributed by atoms with Gasteiger partial charge in [-0.2, -0.15) is 0 Å². The van der Waals surface area contributed by atoms with Crippen molar-refractivity contribution in [1.82, 2.24) is 0 Å². The van der Waals surface area contributed by atoms with E-state index in [2.05, 4.69) is 0 Å². The van der Waals surface area contributed by atoms with Gasteiger partial charge in [-0.1, -0.05) is 40.9 Å². The van der Waals surface area contributed by atoms with E-state index in [9.17, 15) is 4.79 Å². The molecular formula is C14H12Cl2OS. The molecule has 0 spiro atoms. The number of hydrogen-bond donors (Lipinski definition) is 0. The fourth-order valence-electron chi connectivity index (χ4n) is 2.17. The Morgan fingerprint density at radius 1 is 1.06 bits per heavy atom. The van der Waals surface area contributed by atoms with Crippen LogP contribution in [0.1, 0.15) is 32.6 Å². The number of benzene rings is 1. The minimum atomic E-state index is -0.0573. The molecule has 0 fully saturated rings. The van der Waals surface area contributed by atoms with Gasteiger partial charge in [0, 0.05) is 5.56 Å². The molecule has 18 heavy (non-hydrogen) atoms. The second-order valence-electron chi connectivity index (χ2n) is 4.34.